The van der Waals surface area contributed by atoms with Gasteiger partial charge in [0.15, 0.2) is 29.6 Å². The second-order valence-corrected chi connectivity index (χ2v) is 5.07. The molecule has 2 heterocycles. The van der Waals surface area contributed by atoms with Crippen LogP contribution in [0.25, 0.3) is 11.0 Å². The summed E-state index contributed by atoms with van der Waals surface area (Å²) in [5.41, 5.74) is 6.90. The Labute approximate surface area is 128 Å². The average molecular weight is 317 g/mol. The van der Waals surface area contributed by atoms with Crippen molar-refractivity contribution in [3.8, 4) is 0 Å². The van der Waals surface area contributed by atoms with E-state index in [0.29, 0.717) is 17.0 Å². The van der Waals surface area contributed by atoms with Crippen molar-refractivity contribution in [2.75, 3.05) is 5.32 Å². The van der Waals surface area contributed by atoms with Crippen LogP contribution in [0.15, 0.2) is 41.4 Å². The molecule has 0 radical (unpaired) electrons. The quantitative estimate of drug-likeness (QED) is 0.678. The van der Waals surface area contributed by atoms with Crippen molar-refractivity contribution >= 4 is 22.9 Å². The van der Waals surface area contributed by atoms with Gasteiger partial charge in [0.25, 0.3) is 0 Å². The van der Waals surface area contributed by atoms with Crippen molar-refractivity contribution in [3.63, 3.8) is 0 Å². The lowest BCUT2D eigenvalue weighted by atomic mass is 10.1. The number of benzene rings is 2. The van der Waals surface area contributed by atoms with Gasteiger partial charge in [-0.25, -0.2) is 23.1 Å². The van der Waals surface area contributed by atoms with Gasteiger partial charge < -0.3 is 5.73 Å². The Morgan fingerprint density at radius 1 is 1.04 bits per heavy atom. The second kappa shape index (κ2) is 4.73. The Morgan fingerprint density at radius 2 is 1.83 bits per heavy atom. The summed E-state index contributed by atoms with van der Waals surface area (Å²) in [6.07, 6.45) is -0.978. The molecule has 0 amide bonds. The molecule has 116 valence electrons. The summed E-state index contributed by atoms with van der Waals surface area (Å²) in [5, 5.41) is 2.78. The van der Waals surface area contributed by atoms with Gasteiger partial charge >= 0.3 is 0 Å². The highest BCUT2D eigenvalue weighted by Crippen LogP contribution is 2.34. The minimum absolute atomic E-state index is 0.0157. The first-order valence-electron chi connectivity index (χ1n) is 6.77. The lowest BCUT2D eigenvalue weighted by molar-refractivity contribution is 0.431. The van der Waals surface area contributed by atoms with Gasteiger partial charge in [-0.2, -0.15) is 0 Å². The molecule has 0 spiro atoms. The van der Waals surface area contributed by atoms with Crippen molar-refractivity contribution in [2.45, 2.75) is 6.17 Å². The molecule has 0 saturated heterocycles. The lowest BCUT2D eigenvalue weighted by Crippen LogP contribution is -2.32. The van der Waals surface area contributed by atoms with Crippen LogP contribution in [0.2, 0.25) is 0 Å². The molecule has 1 aliphatic rings. The fraction of sp³-hybridized carbons (Fsp3) is 0.0667. The van der Waals surface area contributed by atoms with Gasteiger partial charge in [0.2, 0.25) is 5.95 Å². The molecule has 3 aromatic rings. The number of para-hydroxylation sites is 2. The first-order chi connectivity index (χ1) is 11.1. The third-order valence-electron chi connectivity index (χ3n) is 3.68. The minimum Gasteiger partial charge on any atom is -0.370 e. The summed E-state index contributed by atoms with van der Waals surface area (Å²) in [7, 11) is 0. The fourth-order valence-corrected chi connectivity index (χ4v) is 2.67. The summed E-state index contributed by atoms with van der Waals surface area (Å²) >= 11 is 0. The highest BCUT2D eigenvalue weighted by atomic mass is 19.2. The van der Waals surface area contributed by atoms with Crippen molar-refractivity contribution in [1.29, 1.82) is 0 Å². The first kappa shape index (κ1) is 13.6. The van der Waals surface area contributed by atoms with Crippen LogP contribution in [0, 0.1) is 17.5 Å². The molecule has 5 nitrogen and oxygen atoms in total. The molecule has 2 aromatic carbocycles. The van der Waals surface area contributed by atoms with Crippen molar-refractivity contribution in [1.82, 2.24) is 9.55 Å². The molecule has 0 fully saturated rings. The van der Waals surface area contributed by atoms with Crippen molar-refractivity contribution < 1.29 is 13.2 Å². The maximum atomic E-state index is 14.2. The highest BCUT2D eigenvalue weighted by Gasteiger charge is 2.28. The number of nitrogens with two attached hydrogens (primary N) is 1. The van der Waals surface area contributed by atoms with Gasteiger partial charge in [-0.3, -0.25) is 9.88 Å². The van der Waals surface area contributed by atoms with E-state index in [1.165, 1.54) is 0 Å². The number of rotatable bonds is 1. The van der Waals surface area contributed by atoms with E-state index >= 15 is 0 Å². The standard InChI is InChI=1S/C15H10F3N5/c16-8-6-5-7(11(17)12(8)18)13-21-14(19)22-15-20-9-3-1-2-4-10(9)23(13)15/h1-6,13H,(H3,19,20,21,22)/t13-/m0/s1. The van der Waals surface area contributed by atoms with Crippen molar-refractivity contribution in [2.24, 2.45) is 10.7 Å². The van der Waals surface area contributed by atoms with E-state index in [-0.39, 0.29) is 11.5 Å². The maximum absolute atomic E-state index is 14.2. The number of nitrogens with zero attached hydrogens (tertiary/aromatic N) is 3. The molecular weight excluding hydrogens is 307 g/mol. The zero-order chi connectivity index (χ0) is 16.1. The predicted molar refractivity (Wildman–Crippen MR) is 79.4 cm³/mol. The molecule has 0 aliphatic carbocycles. The second-order valence-electron chi connectivity index (χ2n) is 5.07. The number of hydrogen-bond acceptors (Lipinski definition) is 4. The van der Waals surface area contributed by atoms with Crippen LogP contribution in [0.5, 0.6) is 0 Å². The number of guanidine groups is 1. The molecule has 8 heteroatoms. The molecule has 1 atom stereocenters. The van der Waals surface area contributed by atoms with Crippen LogP contribution < -0.4 is 11.1 Å². The van der Waals surface area contributed by atoms with E-state index in [1.807, 2.05) is 0 Å². The minimum atomic E-state index is -1.54. The summed E-state index contributed by atoms with van der Waals surface area (Å²) in [6.45, 7) is 0. The Morgan fingerprint density at radius 3 is 2.65 bits per heavy atom. The molecule has 3 N–H and O–H groups in total. The van der Waals surface area contributed by atoms with E-state index in [1.54, 1.807) is 28.8 Å². The van der Waals surface area contributed by atoms with E-state index < -0.39 is 23.6 Å². The molecular formula is C15H10F3N5. The number of anilines is 1. The van der Waals surface area contributed by atoms with Crippen LogP contribution in [-0.2, 0) is 0 Å². The van der Waals surface area contributed by atoms with E-state index in [2.05, 4.69) is 15.3 Å². The molecule has 0 unspecified atom stereocenters. The normalized spacial score (nSPS) is 16.8. The zero-order valence-corrected chi connectivity index (χ0v) is 11.6. The molecule has 4 rings (SSSR count). The first-order valence-corrected chi connectivity index (χ1v) is 6.77. The summed E-state index contributed by atoms with van der Waals surface area (Å²) in [4.78, 5) is 8.47. The largest absolute Gasteiger partial charge is 0.370 e. The number of hydrogen-bond donors (Lipinski definition) is 2. The van der Waals surface area contributed by atoms with Gasteiger partial charge in [-0.05, 0) is 24.3 Å². The number of imidazole rings is 1. The summed E-state index contributed by atoms with van der Waals surface area (Å²) < 4.78 is 42.6. The van der Waals surface area contributed by atoms with Gasteiger partial charge in [0.1, 0.15) is 0 Å². The predicted octanol–water partition coefficient (Wildman–Crippen LogP) is 2.74. The summed E-state index contributed by atoms with van der Waals surface area (Å²) in [6, 6.07) is 9.15. The summed E-state index contributed by atoms with van der Waals surface area (Å²) in [5.74, 6) is -3.72. The molecule has 0 bridgehead atoms. The van der Waals surface area contributed by atoms with Crippen LogP contribution in [-0.4, -0.2) is 15.5 Å². The Balaban J connectivity index is 1.99. The Kier molecular flexibility index (Phi) is 2.80. The third kappa shape index (κ3) is 1.95. The van der Waals surface area contributed by atoms with Gasteiger partial charge in [0.05, 0.1) is 11.0 Å². The third-order valence-corrected chi connectivity index (χ3v) is 3.68. The fourth-order valence-electron chi connectivity index (χ4n) is 2.67. The number of aliphatic imine (C=N–C) groups is 1. The monoisotopic (exact) mass is 317 g/mol. The van der Waals surface area contributed by atoms with Gasteiger partial charge in [-0.1, -0.05) is 12.1 Å². The van der Waals surface area contributed by atoms with Gasteiger partial charge in [-0.15, -0.1) is 0 Å². The Bertz CT molecular complexity index is 963. The van der Waals surface area contributed by atoms with E-state index in [0.717, 1.165) is 12.1 Å². The SMILES string of the molecule is NC1=N[C@H](c2ccc(F)c(F)c2F)n2c(nc3ccccc32)N1. The van der Waals surface area contributed by atoms with Crippen LogP contribution in [0.1, 0.15) is 11.7 Å². The van der Waals surface area contributed by atoms with Gasteiger partial charge in [0, 0.05) is 5.56 Å². The van der Waals surface area contributed by atoms with Crippen molar-refractivity contribution in [3.05, 3.63) is 59.4 Å². The number of halogens is 3. The average Bonchev–Trinajstić information content (AvgIpc) is 2.90. The lowest BCUT2D eigenvalue weighted by Gasteiger charge is -2.24. The topological polar surface area (TPSA) is 68.2 Å². The molecule has 0 saturated carbocycles. The number of nitrogens with one attached hydrogen (secondary N) is 1. The highest BCUT2D eigenvalue weighted by molar-refractivity contribution is 5.94. The molecule has 1 aliphatic heterocycles. The van der Waals surface area contributed by atoms with E-state index in [9.17, 15) is 13.2 Å². The molecule has 23 heavy (non-hydrogen) atoms. The molecule has 1 aromatic heterocycles. The smallest absolute Gasteiger partial charge is 0.212 e. The van der Waals surface area contributed by atoms with E-state index in [4.69, 9.17) is 5.73 Å². The number of fused-ring (bicyclic) bond motifs is 3. The zero-order valence-electron chi connectivity index (χ0n) is 11.6. The maximum Gasteiger partial charge on any atom is 0.212 e. The van der Waals surface area contributed by atoms with Crippen LogP contribution in [0.4, 0.5) is 19.1 Å². The van der Waals surface area contributed by atoms with Crippen LogP contribution >= 0.6 is 0 Å². The Hall–Kier alpha value is -3.03. The van der Waals surface area contributed by atoms with Crippen LogP contribution in [0.3, 0.4) is 0 Å². The number of aromatic nitrogens is 2.